The summed E-state index contributed by atoms with van der Waals surface area (Å²) in [6.07, 6.45) is 0.851. The number of nitrogens with two attached hydrogens (primary N) is 1. The standard InChI is InChI=1S/C28H42N4O7/c1-9-18-12-11-13-19(16-18)23(24(35)30-17-22(34)38-8)32(28(6,7)10-2)25(36)20(14-15-21(29)33)31-26(37)39-27(3,4)5/h9,11-13,16,20,23H,1,10,14-15,17H2,2-8H3,(H2,29,33)(H,30,35)(H,31,37). The summed E-state index contributed by atoms with van der Waals surface area (Å²) in [5.74, 6) is -2.59. The second kappa shape index (κ2) is 14.3. The van der Waals surface area contributed by atoms with Crippen molar-refractivity contribution in [3.05, 3.63) is 42.0 Å². The van der Waals surface area contributed by atoms with E-state index in [0.29, 0.717) is 17.5 Å². The van der Waals surface area contributed by atoms with Gasteiger partial charge >= 0.3 is 12.1 Å². The predicted octanol–water partition coefficient (Wildman–Crippen LogP) is 2.84. The molecule has 0 saturated carbocycles. The van der Waals surface area contributed by atoms with E-state index >= 15 is 0 Å². The van der Waals surface area contributed by atoms with Gasteiger partial charge in [0.25, 0.3) is 0 Å². The van der Waals surface area contributed by atoms with E-state index in [0.717, 1.165) is 0 Å². The second-order valence-corrected chi connectivity index (χ2v) is 10.6. The van der Waals surface area contributed by atoms with Crippen LogP contribution in [0.15, 0.2) is 30.8 Å². The molecule has 0 aromatic heterocycles. The molecule has 0 bridgehead atoms. The lowest BCUT2D eigenvalue weighted by atomic mass is 9.91. The molecule has 39 heavy (non-hydrogen) atoms. The SMILES string of the molecule is C=Cc1cccc(C(C(=O)NCC(=O)OC)N(C(=O)C(CCC(N)=O)NC(=O)OC(C)(C)C)C(C)(C)CC)c1. The van der Waals surface area contributed by atoms with Gasteiger partial charge in [0.15, 0.2) is 0 Å². The first-order valence-electron chi connectivity index (χ1n) is 12.7. The number of amides is 4. The number of nitrogens with one attached hydrogen (secondary N) is 2. The number of primary amides is 1. The Morgan fingerprint density at radius 1 is 1.13 bits per heavy atom. The van der Waals surface area contributed by atoms with E-state index in [1.165, 1.54) is 12.0 Å². The molecule has 2 unspecified atom stereocenters. The molecule has 11 nitrogen and oxygen atoms in total. The van der Waals surface area contributed by atoms with Crippen molar-refractivity contribution in [3.63, 3.8) is 0 Å². The van der Waals surface area contributed by atoms with Gasteiger partial charge in [-0.15, -0.1) is 0 Å². The zero-order chi connectivity index (χ0) is 30.0. The summed E-state index contributed by atoms with van der Waals surface area (Å²) >= 11 is 0. The van der Waals surface area contributed by atoms with Crippen LogP contribution in [0.4, 0.5) is 4.79 Å². The lowest BCUT2D eigenvalue weighted by molar-refractivity contribution is -0.150. The van der Waals surface area contributed by atoms with Crippen molar-refractivity contribution in [2.45, 2.75) is 84.0 Å². The minimum Gasteiger partial charge on any atom is -0.468 e. The number of carbonyl (C=O) groups is 5. The Morgan fingerprint density at radius 3 is 2.28 bits per heavy atom. The molecule has 0 radical (unpaired) electrons. The highest BCUT2D eigenvalue weighted by atomic mass is 16.6. The van der Waals surface area contributed by atoms with Gasteiger partial charge in [0.05, 0.1) is 7.11 Å². The van der Waals surface area contributed by atoms with Crippen molar-refractivity contribution in [2.75, 3.05) is 13.7 Å². The summed E-state index contributed by atoms with van der Waals surface area (Å²) in [7, 11) is 1.20. The van der Waals surface area contributed by atoms with Gasteiger partial charge in [-0.25, -0.2) is 4.79 Å². The molecule has 4 N–H and O–H groups in total. The molecule has 2 atom stereocenters. The fourth-order valence-corrected chi connectivity index (χ4v) is 3.71. The molecule has 1 aromatic carbocycles. The number of hydrogen-bond acceptors (Lipinski definition) is 7. The lowest BCUT2D eigenvalue weighted by Gasteiger charge is -2.44. The fraction of sp³-hybridized carbons (Fsp3) is 0.536. The molecule has 0 aliphatic carbocycles. The third-order valence-electron chi connectivity index (χ3n) is 6.03. The van der Waals surface area contributed by atoms with Crippen LogP contribution in [0.2, 0.25) is 0 Å². The van der Waals surface area contributed by atoms with Gasteiger partial charge in [0.1, 0.15) is 24.2 Å². The van der Waals surface area contributed by atoms with E-state index in [-0.39, 0.29) is 12.8 Å². The molecular formula is C28H42N4O7. The molecule has 0 aliphatic heterocycles. The van der Waals surface area contributed by atoms with E-state index in [4.69, 9.17) is 10.5 Å². The van der Waals surface area contributed by atoms with Gasteiger partial charge in [-0.2, -0.15) is 0 Å². The largest absolute Gasteiger partial charge is 0.468 e. The second-order valence-electron chi connectivity index (χ2n) is 10.6. The number of alkyl carbamates (subject to hydrolysis) is 1. The number of rotatable bonds is 13. The molecule has 11 heteroatoms. The summed E-state index contributed by atoms with van der Waals surface area (Å²) < 4.78 is 9.98. The highest BCUT2D eigenvalue weighted by Gasteiger charge is 2.43. The van der Waals surface area contributed by atoms with Crippen LogP contribution >= 0.6 is 0 Å². The molecule has 0 heterocycles. The number of benzene rings is 1. The van der Waals surface area contributed by atoms with Gasteiger partial charge in [-0.3, -0.25) is 19.2 Å². The number of ether oxygens (including phenoxy) is 2. The normalized spacial score (nSPS) is 12.9. The van der Waals surface area contributed by atoms with Crippen LogP contribution in [0.25, 0.3) is 6.08 Å². The first-order valence-corrected chi connectivity index (χ1v) is 12.7. The molecule has 216 valence electrons. The van der Waals surface area contributed by atoms with Crippen LogP contribution in [0, 0.1) is 0 Å². The Bertz CT molecular complexity index is 1060. The number of nitrogens with zero attached hydrogens (tertiary/aromatic N) is 1. The Hall–Kier alpha value is -3.89. The molecule has 0 spiro atoms. The van der Waals surface area contributed by atoms with E-state index in [1.54, 1.807) is 65.0 Å². The summed E-state index contributed by atoms with van der Waals surface area (Å²) in [5.41, 5.74) is 4.74. The molecular weight excluding hydrogens is 504 g/mol. The van der Waals surface area contributed by atoms with E-state index < -0.39 is 59.6 Å². The zero-order valence-corrected chi connectivity index (χ0v) is 24.0. The van der Waals surface area contributed by atoms with Crippen molar-refractivity contribution in [2.24, 2.45) is 5.73 Å². The summed E-state index contributed by atoms with van der Waals surface area (Å²) in [6, 6.07) is 4.45. The fourth-order valence-electron chi connectivity index (χ4n) is 3.71. The predicted molar refractivity (Wildman–Crippen MR) is 147 cm³/mol. The van der Waals surface area contributed by atoms with E-state index in [9.17, 15) is 24.0 Å². The first-order chi connectivity index (χ1) is 18.1. The molecule has 0 saturated heterocycles. The lowest BCUT2D eigenvalue weighted by Crippen LogP contribution is -2.59. The first kappa shape index (κ1) is 33.1. The van der Waals surface area contributed by atoms with Crippen molar-refractivity contribution >= 4 is 35.9 Å². The molecule has 0 aliphatic rings. The van der Waals surface area contributed by atoms with E-state index in [2.05, 4.69) is 21.9 Å². The smallest absolute Gasteiger partial charge is 0.408 e. The number of methoxy groups -OCH3 is 1. The van der Waals surface area contributed by atoms with Crippen molar-refractivity contribution in [1.29, 1.82) is 0 Å². The Balaban J connectivity index is 3.70. The number of hydrogen-bond donors (Lipinski definition) is 3. The Labute approximate surface area is 230 Å². The van der Waals surface area contributed by atoms with Gasteiger partial charge in [0.2, 0.25) is 17.7 Å². The van der Waals surface area contributed by atoms with Crippen molar-refractivity contribution in [1.82, 2.24) is 15.5 Å². The van der Waals surface area contributed by atoms with E-state index in [1.807, 2.05) is 6.92 Å². The van der Waals surface area contributed by atoms with Gasteiger partial charge in [-0.05, 0) is 64.7 Å². The minimum atomic E-state index is -1.24. The third-order valence-corrected chi connectivity index (χ3v) is 6.03. The maximum Gasteiger partial charge on any atom is 0.408 e. The monoisotopic (exact) mass is 546 g/mol. The number of esters is 1. The highest BCUT2D eigenvalue weighted by molar-refractivity contribution is 5.94. The molecule has 1 rings (SSSR count). The quantitative estimate of drug-likeness (QED) is 0.321. The van der Waals surface area contributed by atoms with Crippen LogP contribution in [-0.4, -0.2) is 65.5 Å². The van der Waals surface area contributed by atoms with Crippen molar-refractivity contribution in [3.8, 4) is 0 Å². The van der Waals surface area contributed by atoms with Crippen LogP contribution in [0.5, 0.6) is 0 Å². The van der Waals surface area contributed by atoms with Gasteiger partial charge in [-0.1, -0.05) is 37.8 Å². The maximum absolute atomic E-state index is 14.2. The summed E-state index contributed by atoms with van der Waals surface area (Å²) in [6.45, 7) is 13.8. The average Bonchev–Trinajstić information content (AvgIpc) is 2.86. The van der Waals surface area contributed by atoms with Crippen LogP contribution in [0.1, 0.15) is 78.0 Å². The minimum absolute atomic E-state index is 0.118. The molecule has 1 aromatic rings. The van der Waals surface area contributed by atoms with Gasteiger partial charge in [0, 0.05) is 12.0 Å². The van der Waals surface area contributed by atoms with Crippen LogP contribution < -0.4 is 16.4 Å². The number of carbonyl (C=O) groups excluding carboxylic acids is 5. The van der Waals surface area contributed by atoms with Gasteiger partial charge < -0.3 is 30.7 Å². The van der Waals surface area contributed by atoms with Crippen molar-refractivity contribution < 1.29 is 33.4 Å². The summed E-state index contributed by atoms with van der Waals surface area (Å²) in [4.78, 5) is 65.3. The van der Waals surface area contributed by atoms with Crippen LogP contribution in [0.3, 0.4) is 0 Å². The Morgan fingerprint density at radius 2 is 1.77 bits per heavy atom. The molecule has 4 amide bonds. The van der Waals surface area contributed by atoms with Crippen LogP contribution in [-0.2, 0) is 28.7 Å². The topological polar surface area (TPSA) is 157 Å². The Kier molecular flexibility index (Phi) is 12.2. The molecule has 0 fully saturated rings. The average molecular weight is 547 g/mol. The maximum atomic E-state index is 14.2. The zero-order valence-electron chi connectivity index (χ0n) is 24.0. The highest BCUT2D eigenvalue weighted by Crippen LogP contribution is 2.33. The third kappa shape index (κ3) is 10.4. The summed E-state index contributed by atoms with van der Waals surface area (Å²) in [5, 5.41) is 5.09.